The van der Waals surface area contributed by atoms with Crippen molar-refractivity contribution in [2.45, 2.75) is 76.2 Å². The number of amides is 1. The van der Waals surface area contributed by atoms with E-state index in [9.17, 15) is 4.79 Å². The number of carbonyl (C=O) groups excluding carboxylic acids is 1. The molecule has 33 heavy (non-hydrogen) atoms. The molecule has 2 aliphatic rings. The van der Waals surface area contributed by atoms with E-state index in [1.807, 2.05) is 45.0 Å². The van der Waals surface area contributed by atoms with Crippen LogP contribution < -0.4 is 21.7 Å². The van der Waals surface area contributed by atoms with Crippen LogP contribution >= 0.6 is 0 Å². The Hall–Kier alpha value is -2.41. The third-order valence-corrected chi connectivity index (χ3v) is 5.98. The van der Waals surface area contributed by atoms with E-state index >= 15 is 0 Å². The largest absolute Gasteiger partial charge is 0.444 e. The number of alkyl carbamates (subject to hydrolysis) is 1. The highest BCUT2D eigenvalue weighted by Gasteiger charge is 2.29. The third-order valence-electron chi connectivity index (χ3n) is 5.98. The van der Waals surface area contributed by atoms with E-state index < -0.39 is 5.60 Å². The Kier molecular flexibility index (Phi) is 9.30. The third kappa shape index (κ3) is 8.14. The molecule has 0 radical (unpaired) electrons. The number of carbonyl (C=O) groups is 1. The zero-order chi connectivity index (χ0) is 23.7. The first-order chi connectivity index (χ1) is 15.8. The summed E-state index contributed by atoms with van der Waals surface area (Å²) in [4.78, 5) is 11.9. The first-order valence-electron chi connectivity index (χ1n) is 12.2. The van der Waals surface area contributed by atoms with Crippen molar-refractivity contribution in [2.24, 2.45) is 5.73 Å². The van der Waals surface area contributed by atoms with Crippen LogP contribution in [0.1, 0.15) is 69.7 Å². The van der Waals surface area contributed by atoms with Gasteiger partial charge in [-0.3, -0.25) is 0 Å². The number of nitrogens with two attached hydrogens (primary N) is 1. The average Bonchev–Trinajstić information content (AvgIpc) is 2.80. The quantitative estimate of drug-likeness (QED) is 0.553. The lowest BCUT2D eigenvalue weighted by atomic mass is 9.92. The van der Waals surface area contributed by atoms with Gasteiger partial charge < -0.3 is 26.4 Å². The summed E-state index contributed by atoms with van der Waals surface area (Å²) >= 11 is 0. The number of ether oxygens (including phenoxy) is 1. The summed E-state index contributed by atoms with van der Waals surface area (Å²) < 4.78 is 5.35. The van der Waals surface area contributed by atoms with Gasteiger partial charge in [0.1, 0.15) is 5.60 Å². The molecule has 0 aliphatic carbocycles. The first-order valence-corrected chi connectivity index (χ1v) is 12.2. The smallest absolute Gasteiger partial charge is 0.407 e. The van der Waals surface area contributed by atoms with Crippen LogP contribution in [0.4, 0.5) is 4.79 Å². The van der Waals surface area contributed by atoms with Gasteiger partial charge in [-0.25, -0.2) is 4.79 Å². The number of nitrogens with one attached hydrogen (secondary N) is 3. The Labute approximate surface area is 198 Å². The van der Waals surface area contributed by atoms with Crippen molar-refractivity contribution in [3.05, 3.63) is 71.8 Å². The van der Waals surface area contributed by atoms with Crippen LogP contribution in [0.15, 0.2) is 60.7 Å². The Bertz CT molecular complexity index is 838. The van der Waals surface area contributed by atoms with Gasteiger partial charge in [0, 0.05) is 12.1 Å². The summed E-state index contributed by atoms with van der Waals surface area (Å²) in [6, 6.07) is 21.5. The molecule has 6 heteroatoms. The summed E-state index contributed by atoms with van der Waals surface area (Å²) in [6.07, 6.45) is 4.01. The molecule has 0 spiro atoms. The Morgan fingerprint density at radius 1 is 0.879 bits per heavy atom. The van der Waals surface area contributed by atoms with Crippen molar-refractivity contribution in [1.82, 2.24) is 16.0 Å². The zero-order valence-corrected chi connectivity index (χ0v) is 20.2. The number of rotatable bonds is 3. The van der Waals surface area contributed by atoms with Gasteiger partial charge in [0.05, 0.1) is 12.1 Å². The standard InChI is InChI=1S/C16H24N2O2.C11H16N2/c1-16(2,3)20-15(19)18-13-10-7-11-17-14(13)12-8-5-4-6-9-12;12-10-7-4-8-13-11(10)9-5-2-1-3-6-9/h4-6,8-9,13-14,17H,7,10-11H2,1-3H3,(H,18,19);1-3,5-6,10-11,13H,4,7-8,12H2/t13-,14-;10-,11-/m00/s1. The average molecular weight is 453 g/mol. The second kappa shape index (κ2) is 12.2. The molecular formula is C27H40N4O2. The van der Waals surface area contributed by atoms with Crippen LogP contribution in [0.25, 0.3) is 0 Å². The van der Waals surface area contributed by atoms with Crippen LogP contribution in [0.5, 0.6) is 0 Å². The normalized spacial score (nSPS) is 25.3. The lowest BCUT2D eigenvalue weighted by Gasteiger charge is -2.34. The molecule has 2 aromatic carbocycles. The fraction of sp³-hybridized carbons (Fsp3) is 0.519. The highest BCUT2D eigenvalue weighted by molar-refractivity contribution is 5.68. The van der Waals surface area contributed by atoms with Gasteiger partial charge in [-0.15, -0.1) is 0 Å². The summed E-state index contributed by atoms with van der Waals surface area (Å²) in [5.41, 5.74) is 8.10. The maximum Gasteiger partial charge on any atom is 0.407 e. The van der Waals surface area contributed by atoms with Crippen molar-refractivity contribution in [3.63, 3.8) is 0 Å². The maximum absolute atomic E-state index is 11.9. The highest BCUT2D eigenvalue weighted by atomic mass is 16.6. The molecule has 2 aliphatic heterocycles. The predicted octanol–water partition coefficient (Wildman–Crippen LogP) is 4.44. The van der Waals surface area contributed by atoms with Crippen molar-refractivity contribution in [1.29, 1.82) is 0 Å². The number of benzene rings is 2. The molecule has 180 valence electrons. The monoisotopic (exact) mass is 452 g/mol. The van der Waals surface area contributed by atoms with Crippen molar-refractivity contribution >= 4 is 6.09 Å². The number of hydrogen-bond acceptors (Lipinski definition) is 5. The molecule has 2 fully saturated rings. The minimum absolute atomic E-state index is 0.0704. The molecule has 0 unspecified atom stereocenters. The molecule has 0 aromatic heterocycles. The molecule has 2 saturated heterocycles. The van der Waals surface area contributed by atoms with Crippen LogP contribution in [0, 0.1) is 0 Å². The molecule has 0 bridgehead atoms. The summed E-state index contributed by atoms with van der Waals surface area (Å²) in [5.74, 6) is 0. The second-order valence-corrected chi connectivity index (χ2v) is 9.89. The van der Waals surface area contributed by atoms with E-state index in [4.69, 9.17) is 10.5 Å². The lowest BCUT2D eigenvalue weighted by Crippen LogP contribution is -2.49. The molecule has 1 amide bonds. The Morgan fingerprint density at radius 2 is 1.39 bits per heavy atom. The molecule has 2 heterocycles. The molecule has 4 atom stereocenters. The van der Waals surface area contributed by atoms with Crippen LogP contribution in [0.2, 0.25) is 0 Å². The number of hydrogen-bond donors (Lipinski definition) is 4. The van der Waals surface area contributed by atoms with E-state index in [0.717, 1.165) is 32.4 Å². The molecule has 5 N–H and O–H groups in total. The molecule has 6 nitrogen and oxygen atoms in total. The number of piperidine rings is 2. The fourth-order valence-electron chi connectivity index (χ4n) is 4.45. The van der Waals surface area contributed by atoms with Crippen LogP contribution in [-0.4, -0.2) is 36.9 Å². The predicted molar refractivity (Wildman–Crippen MR) is 134 cm³/mol. The molecular weight excluding hydrogens is 412 g/mol. The van der Waals surface area contributed by atoms with Gasteiger partial charge >= 0.3 is 6.09 Å². The van der Waals surface area contributed by atoms with Gasteiger partial charge in [0.2, 0.25) is 0 Å². The Balaban J connectivity index is 0.000000203. The highest BCUT2D eigenvalue weighted by Crippen LogP contribution is 2.24. The lowest BCUT2D eigenvalue weighted by molar-refractivity contribution is 0.0481. The van der Waals surface area contributed by atoms with Crippen molar-refractivity contribution in [2.75, 3.05) is 13.1 Å². The SMILES string of the molecule is CC(C)(C)OC(=O)N[C@H]1CCCN[C@H]1c1ccccc1.N[C@H]1CCCN[C@H]1c1ccccc1. The minimum atomic E-state index is -0.464. The first kappa shape index (κ1) is 25.2. The summed E-state index contributed by atoms with van der Waals surface area (Å²) in [7, 11) is 0. The van der Waals surface area contributed by atoms with Gasteiger partial charge in [0.25, 0.3) is 0 Å². The van der Waals surface area contributed by atoms with E-state index in [-0.39, 0.29) is 24.2 Å². The van der Waals surface area contributed by atoms with E-state index in [1.54, 1.807) is 0 Å². The van der Waals surface area contributed by atoms with Gasteiger partial charge in [-0.05, 0) is 70.7 Å². The van der Waals surface area contributed by atoms with Crippen LogP contribution in [0.3, 0.4) is 0 Å². The molecule has 2 aromatic rings. The van der Waals surface area contributed by atoms with Gasteiger partial charge in [-0.2, -0.15) is 0 Å². The van der Waals surface area contributed by atoms with E-state index in [1.165, 1.54) is 17.5 Å². The topological polar surface area (TPSA) is 88.4 Å². The van der Waals surface area contributed by atoms with E-state index in [2.05, 4.69) is 52.3 Å². The van der Waals surface area contributed by atoms with Crippen molar-refractivity contribution in [3.8, 4) is 0 Å². The zero-order valence-electron chi connectivity index (χ0n) is 20.2. The van der Waals surface area contributed by atoms with Crippen LogP contribution in [-0.2, 0) is 4.74 Å². The summed E-state index contributed by atoms with van der Waals surface area (Å²) in [6.45, 7) is 7.69. The van der Waals surface area contributed by atoms with Gasteiger partial charge in [-0.1, -0.05) is 60.7 Å². The second-order valence-electron chi connectivity index (χ2n) is 9.89. The summed E-state index contributed by atoms with van der Waals surface area (Å²) in [5, 5.41) is 9.94. The molecule has 4 rings (SSSR count). The Morgan fingerprint density at radius 3 is 1.94 bits per heavy atom. The van der Waals surface area contributed by atoms with Gasteiger partial charge in [0.15, 0.2) is 0 Å². The van der Waals surface area contributed by atoms with Crippen molar-refractivity contribution < 1.29 is 9.53 Å². The molecule has 0 saturated carbocycles. The minimum Gasteiger partial charge on any atom is -0.444 e. The maximum atomic E-state index is 11.9. The fourth-order valence-corrected chi connectivity index (χ4v) is 4.45. The van der Waals surface area contributed by atoms with E-state index in [0.29, 0.717) is 6.04 Å².